The number of nitrogen functional groups attached to an aromatic ring is 1. The first-order valence-electron chi connectivity index (χ1n) is 7.79. The highest BCUT2D eigenvalue weighted by Crippen LogP contribution is 2.57. The Balaban J connectivity index is 1.55. The maximum atomic E-state index is 9.81. The molecule has 3 atom stereocenters. The fourth-order valence-corrected chi connectivity index (χ4v) is 3.42. The predicted molar refractivity (Wildman–Crippen MR) is 82.2 cm³/mol. The Labute approximate surface area is 127 Å². The van der Waals surface area contributed by atoms with E-state index in [1.54, 1.807) is 6.33 Å². The van der Waals surface area contributed by atoms with Gasteiger partial charge in [-0.15, -0.1) is 0 Å². The van der Waals surface area contributed by atoms with Crippen LogP contribution in [0.1, 0.15) is 31.7 Å². The number of aliphatic hydroxyl groups excluding tert-OH is 1. The van der Waals surface area contributed by atoms with E-state index < -0.39 is 0 Å². The number of hydrogen-bond donors (Lipinski definition) is 3. The van der Waals surface area contributed by atoms with E-state index in [9.17, 15) is 5.11 Å². The van der Waals surface area contributed by atoms with Gasteiger partial charge in [-0.2, -0.15) is 9.97 Å². The molecule has 0 bridgehead atoms. The number of fused-ring (bicyclic) bond motifs is 1. The van der Waals surface area contributed by atoms with Crippen LogP contribution in [0.25, 0.3) is 11.2 Å². The minimum absolute atomic E-state index is 0.0189. The van der Waals surface area contributed by atoms with Gasteiger partial charge in [-0.25, -0.2) is 4.98 Å². The topological polar surface area (TPSA) is 102 Å². The molecule has 5 rings (SSSR count). The molecule has 1 spiro atoms. The molecule has 114 valence electrons. The Kier molecular flexibility index (Phi) is 2.24. The first-order chi connectivity index (χ1) is 10.6. The summed E-state index contributed by atoms with van der Waals surface area (Å²) >= 11 is 0. The molecule has 0 amide bonds. The average Bonchev–Trinajstić information content (AvgIpc) is 3.28. The van der Waals surface area contributed by atoms with Gasteiger partial charge >= 0.3 is 0 Å². The van der Waals surface area contributed by atoms with Crippen molar-refractivity contribution >= 4 is 22.9 Å². The van der Waals surface area contributed by atoms with Crippen molar-refractivity contribution in [3.8, 4) is 0 Å². The van der Waals surface area contributed by atoms with Crippen LogP contribution in [0.4, 0.5) is 11.8 Å². The molecular formula is C15H18N6O. The van der Waals surface area contributed by atoms with E-state index in [1.807, 2.05) is 4.57 Å². The second-order valence-electron chi connectivity index (χ2n) is 6.76. The van der Waals surface area contributed by atoms with Crippen LogP contribution in [0.15, 0.2) is 18.5 Å². The van der Waals surface area contributed by atoms with Gasteiger partial charge in [-0.1, -0.05) is 12.2 Å². The van der Waals surface area contributed by atoms with Crippen molar-refractivity contribution in [3.05, 3.63) is 18.5 Å². The molecule has 2 aromatic rings. The summed E-state index contributed by atoms with van der Waals surface area (Å²) in [4.78, 5) is 13.2. The van der Waals surface area contributed by atoms with Crippen LogP contribution >= 0.6 is 0 Å². The van der Waals surface area contributed by atoms with E-state index in [2.05, 4.69) is 32.4 Å². The van der Waals surface area contributed by atoms with Crippen molar-refractivity contribution in [1.82, 2.24) is 19.5 Å². The SMILES string of the molecule is Nc1nc(NC2CC2)c2ncn([C@H]3C=CC4(C[C@H]4O)C3)c2n1. The van der Waals surface area contributed by atoms with Gasteiger partial charge in [0, 0.05) is 11.5 Å². The smallest absolute Gasteiger partial charge is 0.224 e. The molecule has 7 heteroatoms. The largest absolute Gasteiger partial charge is 0.392 e. The third kappa shape index (κ3) is 1.75. The van der Waals surface area contributed by atoms with Gasteiger partial charge in [-0.3, -0.25) is 0 Å². The van der Waals surface area contributed by atoms with E-state index in [0.717, 1.165) is 42.7 Å². The monoisotopic (exact) mass is 298 g/mol. The van der Waals surface area contributed by atoms with Gasteiger partial charge in [0.25, 0.3) is 0 Å². The Morgan fingerprint density at radius 1 is 1.32 bits per heavy atom. The van der Waals surface area contributed by atoms with E-state index in [-0.39, 0.29) is 23.5 Å². The fraction of sp³-hybridized carbons (Fsp3) is 0.533. The standard InChI is InChI=1S/C15H18N6O/c16-14-19-12(18-8-1-2-8)11-13(20-14)21(7-17-11)9-3-4-15(5-9)6-10(15)22/h3-4,7-10,22H,1-2,5-6H2,(H3,16,18,19,20)/t9-,10+,15?/m0/s1. The first-order valence-corrected chi connectivity index (χ1v) is 7.79. The zero-order chi connectivity index (χ0) is 14.9. The van der Waals surface area contributed by atoms with Gasteiger partial charge in [0.05, 0.1) is 18.5 Å². The van der Waals surface area contributed by atoms with Crippen molar-refractivity contribution in [1.29, 1.82) is 0 Å². The van der Waals surface area contributed by atoms with Gasteiger partial charge in [0.2, 0.25) is 5.95 Å². The lowest BCUT2D eigenvalue weighted by Crippen LogP contribution is -2.10. The molecule has 2 aromatic heterocycles. The van der Waals surface area contributed by atoms with Gasteiger partial charge in [-0.05, 0) is 25.7 Å². The summed E-state index contributed by atoms with van der Waals surface area (Å²) in [6.45, 7) is 0. The third-order valence-electron chi connectivity index (χ3n) is 5.03. The lowest BCUT2D eigenvalue weighted by molar-refractivity contribution is 0.233. The number of nitrogens with one attached hydrogen (secondary N) is 1. The normalized spacial score (nSPS) is 33.0. The zero-order valence-electron chi connectivity index (χ0n) is 12.1. The highest BCUT2D eigenvalue weighted by atomic mass is 16.3. The molecular weight excluding hydrogens is 280 g/mol. The van der Waals surface area contributed by atoms with E-state index in [1.165, 1.54) is 0 Å². The molecule has 3 aliphatic rings. The summed E-state index contributed by atoms with van der Waals surface area (Å²) in [5.41, 5.74) is 7.39. The van der Waals surface area contributed by atoms with Crippen LogP contribution in [0.3, 0.4) is 0 Å². The Hall–Kier alpha value is -2.15. The van der Waals surface area contributed by atoms with Crippen LogP contribution in [-0.4, -0.2) is 36.8 Å². The van der Waals surface area contributed by atoms with Gasteiger partial charge in [0.15, 0.2) is 17.0 Å². The summed E-state index contributed by atoms with van der Waals surface area (Å²) in [5.74, 6) is 0.993. The summed E-state index contributed by atoms with van der Waals surface area (Å²) in [5, 5.41) is 13.2. The molecule has 3 aliphatic carbocycles. The van der Waals surface area contributed by atoms with Gasteiger partial charge < -0.3 is 20.7 Å². The summed E-state index contributed by atoms with van der Waals surface area (Å²) < 4.78 is 2.04. The van der Waals surface area contributed by atoms with Crippen molar-refractivity contribution in [2.75, 3.05) is 11.1 Å². The summed E-state index contributed by atoms with van der Waals surface area (Å²) in [6.07, 6.45) is 9.98. The molecule has 4 N–H and O–H groups in total. The summed E-state index contributed by atoms with van der Waals surface area (Å²) in [7, 11) is 0. The minimum Gasteiger partial charge on any atom is -0.392 e. The third-order valence-corrected chi connectivity index (χ3v) is 5.03. The Morgan fingerprint density at radius 2 is 2.14 bits per heavy atom. The molecule has 2 heterocycles. The van der Waals surface area contributed by atoms with Crippen LogP contribution in [0, 0.1) is 5.41 Å². The van der Waals surface area contributed by atoms with Crippen LogP contribution < -0.4 is 11.1 Å². The zero-order valence-corrected chi connectivity index (χ0v) is 12.1. The number of anilines is 2. The van der Waals surface area contributed by atoms with Crippen molar-refractivity contribution in [3.63, 3.8) is 0 Å². The number of aromatic nitrogens is 4. The fourth-order valence-electron chi connectivity index (χ4n) is 3.42. The summed E-state index contributed by atoms with van der Waals surface area (Å²) in [6, 6.07) is 0.657. The molecule has 7 nitrogen and oxygen atoms in total. The van der Waals surface area contributed by atoms with E-state index in [0.29, 0.717) is 6.04 Å². The highest BCUT2D eigenvalue weighted by molar-refractivity contribution is 5.84. The number of hydrogen-bond acceptors (Lipinski definition) is 6. The Morgan fingerprint density at radius 3 is 2.82 bits per heavy atom. The van der Waals surface area contributed by atoms with Crippen LogP contribution in [0.5, 0.6) is 0 Å². The van der Waals surface area contributed by atoms with Crippen LogP contribution in [0.2, 0.25) is 0 Å². The number of aliphatic hydroxyl groups is 1. The number of imidazole rings is 1. The molecule has 22 heavy (non-hydrogen) atoms. The quantitative estimate of drug-likeness (QED) is 0.737. The maximum Gasteiger partial charge on any atom is 0.224 e. The molecule has 0 radical (unpaired) electrons. The molecule has 0 saturated heterocycles. The maximum absolute atomic E-state index is 9.81. The number of rotatable bonds is 3. The minimum atomic E-state index is -0.199. The van der Waals surface area contributed by atoms with Crippen molar-refractivity contribution in [2.24, 2.45) is 5.41 Å². The van der Waals surface area contributed by atoms with E-state index >= 15 is 0 Å². The predicted octanol–water partition coefficient (Wildman–Crippen LogP) is 1.23. The van der Waals surface area contributed by atoms with E-state index in [4.69, 9.17) is 5.73 Å². The first kappa shape index (κ1) is 12.4. The highest BCUT2D eigenvalue weighted by Gasteiger charge is 2.54. The molecule has 0 aliphatic heterocycles. The molecule has 1 unspecified atom stereocenters. The van der Waals surface area contributed by atoms with Crippen LogP contribution in [-0.2, 0) is 0 Å². The number of nitrogens with zero attached hydrogens (tertiary/aromatic N) is 4. The lowest BCUT2D eigenvalue weighted by atomic mass is 10.1. The van der Waals surface area contributed by atoms with Crippen molar-refractivity contribution in [2.45, 2.75) is 43.9 Å². The number of allylic oxidation sites excluding steroid dienone is 1. The average molecular weight is 298 g/mol. The lowest BCUT2D eigenvalue weighted by Gasteiger charge is -2.13. The van der Waals surface area contributed by atoms with Gasteiger partial charge in [0.1, 0.15) is 0 Å². The van der Waals surface area contributed by atoms with Crippen molar-refractivity contribution < 1.29 is 5.11 Å². The second-order valence-corrected chi connectivity index (χ2v) is 6.76. The molecule has 2 saturated carbocycles. The Bertz CT molecular complexity index is 795. The number of nitrogens with two attached hydrogens (primary N) is 1. The molecule has 2 fully saturated rings. The molecule has 0 aromatic carbocycles. The second kappa shape index (κ2) is 3.98.